The minimum absolute atomic E-state index is 0.0881. The first-order valence-corrected chi connectivity index (χ1v) is 5.69. The van der Waals surface area contributed by atoms with Crippen molar-refractivity contribution in [3.05, 3.63) is 22.6 Å². The van der Waals surface area contributed by atoms with Crippen LogP contribution in [-0.4, -0.2) is 24.7 Å². The average molecular weight is 275 g/mol. The Morgan fingerprint density at radius 2 is 2.53 bits per heavy atom. The lowest BCUT2D eigenvalue weighted by atomic mass is 10.1. The largest absolute Gasteiger partial charge is 0.475 e. The van der Waals surface area contributed by atoms with Gasteiger partial charge >= 0.3 is 0 Å². The molecule has 1 aromatic heterocycles. The van der Waals surface area contributed by atoms with Crippen molar-refractivity contribution in [1.29, 1.82) is 0 Å². The third-order valence-corrected chi connectivity index (χ3v) is 2.83. The Kier molecular flexibility index (Phi) is 3.53. The molecule has 1 aliphatic heterocycles. The number of halogens is 2. The molecule has 2 rings (SSSR count). The van der Waals surface area contributed by atoms with Crippen LogP contribution >= 0.6 is 15.9 Å². The molecule has 0 spiro atoms. The van der Waals surface area contributed by atoms with E-state index in [-0.39, 0.29) is 5.88 Å². The summed E-state index contributed by atoms with van der Waals surface area (Å²) in [6.45, 7) is 2.49. The molecule has 0 saturated carbocycles. The lowest BCUT2D eigenvalue weighted by Gasteiger charge is -2.10. The number of rotatable bonds is 3. The Balaban J connectivity index is 1.92. The first kappa shape index (κ1) is 10.8. The van der Waals surface area contributed by atoms with Crippen molar-refractivity contribution in [2.75, 3.05) is 19.7 Å². The third-order valence-electron chi connectivity index (χ3n) is 2.39. The Bertz CT molecular complexity index is 342. The van der Waals surface area contributed by atoms with Gasteiger partial charge in [-0.05, 0) is 35.0 Å². The van der Waals surface area contributed by atoms with E-state index in [1.165, 1.54) is 12.3 Å². The van der Waals surface area contributed by atoms with Gasteiger partial charge in [-0.1, -0.05) is 0 Å². The maximum Gasteiger partial charge on any atom is 0.250 e. The minimum atomic E-state index is -0.421. The van der Waals surface area contributed by atoms with Crippen molar-refractivity contribution < 1.29 is 9.13 Å². The smallest absolute Gasteiger partial charge is 0.250 e. The average Bonchev–Trinajstić information content (AvgIpc) is 2.69. The number of hydrogen-bond donors (Lipinski definition) is 1. The molecule has 82 valence electrons. The maximum absolute atomic E-state index is 13.3. The topological polar surface area (TPSA) is 34.1 Å². The van der Waals surface area contributed by atoms with E-state index in [0.29, 0.717) is 17.0 Å². The van der Waals surface area contributed by atoms with Crippen molar-refractivity contribution in [2.45, 2.75) is 6.42 Å². The van der Waals surface area contributed by atoms with Crippen LogP contribution in [0.5, 0.6) is 5.88 Å². The lowest BCUT2D eigenvalue weighted by molar-refractivity contribution is 0.239. The van der Waals surface area contributed by atoms with E-state index in [1.54, 1.807) is 0 Å². The van der Waals surface area contributed by atoms with Crippen LogP contribution in [-0.2, 0) is 0 Å². The van der Waals surface area contributed by atoms with E-state index in [2.05, 4.69) is 26.2 Å². The summed E-state index contributed by atoms with van der Waals surface area (Å²) in [5.74, 6) is 0.135. The van der Waals surface area contributed by atoms with Crippen LogP contribution in [0.15, 0.2) is 16.7 Å². The van der Waals surface area contributed by atoms with Crippen molar-refractivity contribution in [2.24, 2.45) is 5.92 Å². The summed E-state index contributed by atoms with van der Waals surface area (Å²) in [6.07, 6.45) is 2.61. The Hall–Kier alpha value is -0.680. The second-order valence-electron chi connectivity index (χ2n) is 3.61. The zero-order valence-corrected chi connectivity index (χ0v) is 9.76. The number of nitrogens with one attached hydrogen (secondary N) is 1. The quantitative estimate of drug-likeness (QED) is 0.915. The second kappa shape index (κ2) is 4.90. The zero-order valence-electron chi connectivity index (χ0n) is 8.17. The summed E-state index contributed by atoms with van der Waals surface area (Å²) in [4.78, 5) is 3.87. The predicted octanol–water partition coefficient (Wildman–Crippen LogP) is 1.97. The van der Waals surface area contributed by atoms with Gasteiger partial charge in [-0.15, -0.1) is 0 Å². The monoisotopic (exact) mass is 274 g/mol. The molecule has 0 radical (unpaired) electrons. The van der Waals surface area contributed by atoms with Gasteiger partial charge in [-0.2, -0.15) is 0 Å². The SMILES string of the molecule is Fc1cc(Br)cnc1OCC1CCNC1. The molecule has 1 unspecified atom stereocenters. The van der Waals surface area contributed by atoms with Gasteiger partial charge in [-0.3, -0.25) is 0 Å². The van der Waals surface area contributed by atoms with Crippen LogP contribution in [0.2, 0.25) is 0 Å². The van der Waals surface area contributed by atoms with Gasteiger partial charge in [-0.25, -0.2) is 9.37 Å². The molecular weight excluding hydrogens is 263 g/mol. The number of ether oxygens (including phenoxy) is 1. The van der Waals surface area contributed by atoms with Crippen LogP contribution in [0.25, 0.3) is 0 Å². The Morgan fingerprint density at radius 3 is 3.20 bits per heavy atom. The highest BCUT2D eigenvalue weighted by Gasteiger charge is 2.16. The van der Waals surface area contributed by atoms with Gasteiger partial charge in [0.2, 0.25) is 5.88 Å². The summed E-state index contributed by atoms with van der Waals surface area (Å²) in [6, 6.07) is 1.36. The minimum Gasteiger partial charge on any atom is -0.475 e. The molecular formula is C10H12BrFN2O. The fourth-order valence-corrected chi connectivity index (χ4v) is 1.87. The third kappa shape index (κ3) is 2.89. The summed E-state index contributed by atoms with van der Waals surface area (Å²) >= 11 is 3.15. The second-order valence-corrected chi connectivity index (χ2v) is 4.53. The number of aromatic nitrogens is 1. The van der Waals surface area contributed by atoms with E-state index < -0.39 is 5.82 Å². The normalized spacial score (nSPS) is 20.5. The van der Waals surface area contributed by atoms with Crippen molar-refractivity contribution >= 4 is 15.9 Å². The molecule has 1 aliphatic rings. The molecule has 1 saturated heterocycles. The number of pyridine rings is 1. The molecule has 0 aromatic carbocycles. The molecule has 15 heavy (non-hydrogen) atoms. The van der Waals surface area contributed by atoms with Gasteiger partial charge in [0.15, 0.2) is 5.82 Å². The molecule has 0 amide bonds. The van der Waals surface area contributed by atoms with Gasteiger partial charge in [0.1, 0.15) is 0 Å². The van der Waals surface area contributed by atoms with Crippen molar-refractivity contribution in [1.82, 2.24) is 10.3 Å². The van der Waals surface area contributed by atoms with Crippen LogP contribution in [0.3, 0.4) is 0 Å². The fourth-order valence-electron chi connectivity index (χ4n) is 1.56. The van der Waals surface area contributed by atoms with Gasteiger partial charge in [0.25, 0.3) is 0 Å². The Morgan fingerprint density at radius 1 is 1.67 bits per heavy atom. The van der Waals surface area contributed by atoms with Crippen molar-refractivity contribution in [3.8, 4) is 5.88 Å². The molecule has 0 aliphatic carbocycles. The predicted molar refractivity (Wildman–Crippen MR) is 58.4 cm³/mol. The zero-order chi connectivity index (χ0) is 10.7. The molecule has 1 N–H and O–H groups in total. The maximum atomic E-state index is 13.3. The fraction of sp³-hybridized carbons (Fsp3) is 0.500. The molecule has 3 nitrogen and oxygen atoms in total. The Labute approximate surface area is 96.2 Å². The van der Waals surface area contributed by atoms with Crippen LogP contribution in [0.4, 0.5) is 4.39 Å². The van der Waals surface area contributed by atoms with E-state index in [9.17, 15) is 4.39 Å². The van der Waals surface area contributed by atoms with E-state index in [1.807, 2.05) is 0 Å². The van der Waals surface area contributed by atoms with E-state index in [0.717, 1.165) is 19.5 Å². The first-order valence-electron chi connectivity index (χ1n) is 4.90. The van der Waals surface area contributed by atoms with Crippen LogP contribution in [0.1, 0.15) is 6.42 Å². The summed E-state index contributed by atoms with van der Waals surface area (Å²) < 4.78 is 19.2. The van der Waals surface area contributed by atoms with Gasteiger partial charge in [0.05, 0.1) is 6.61 Å². The molecule has 1 aromatic rings. The van der Waals surface area contributed by atoms with Gasteiger partial charge < -0.3 is 10.1 Å². The highest BCUT2D eigenvalue weighted by molar-refractivity contribution is 9.10. The highest BCUT2D eigenvalue weighted by atomic mass is 79.9. The van der Waals surface area contributed by atoms with E-state index >= 15 is 0 Å². The molecule has 1 fully saturated rings. The first-order chi connectivity index (χ1) is 7.25. The lowest BCUT2D eigenvalue weighted by Crippen LogP contribution is -2.16. The molecule has 2 heterocycles. The molecule has 1 atom stereocenters. The van der Waals surface area contributed by atoms with E-state index in [4.69, 9.17) is 4.74 Å². The standard InChI is InChI=1S/C10H12BrFN2O/c11-8-3-9(12)10(14-5-8)15-6-7-1-2-13-4-7/h3,5,7,13H,1-2,4,6H2. The summed E-state index contributed by atoms with van der Waals surface area (Å²) in [7, 11) is 0. The molecule has 0 bridgehead atoms. The van der Waals surface area contributed by atoms with Gasteiger partial charge in [0, 0.05) is 23.1 Å². The van der Waals surface area contributed by atoms with Crippen LogP contribution in [0, 0.1) is 11.7 Å². The highest BCUT2D eigenvalue weighted by Crippen LogP contribution is 2.19. The van der Waals surface area contributed by atoms with Crippen molar-refractivity contribution in [3.63, 3.8) is 0 Å². The number of hydrogen-bond acceptors (Lipinski definition) is 3. The number of nitrogens with zero attached hydrogens (tertiary/aromatic N) is 1. The molecule has 5 heteroatoms. The van der Waals surface area contributed by atoms with Crippen LogP contribution < -0.4 is 10.1 Å². The summed E-state index contributed by atoms with van der Waals surface area (Å²) in [5, 5.41) is 3.23. The summed E-state index contributed by atoms with van der Waals surface area (Å²) in [5.41, 5.74) is 0.